The monoisotopic (exact) mass is 287 g/mol. The zero-order valence-electron chi connectivity index (χ0n) is 7.95. The number of carbonyl (C=O) groups excluding carboxylic acids is 1. The highest BCUT2D eigenvalue weighted by Crippen LogP contribution is 2.22. The minimum Gasteiger partial charge on any atom is -0.268 e. The fourth-order valence-electron chi connectivity index (χ4n) is 0.869. The van der Waals surface area contributed by atoms with Crippen molar-refractivity contribution in [3.63, 3.8) is 0 Å². The third kappa shape index (κ3) is 3.34. The molecule has 4 nitrogen and oxygen atoms in total. The summed E-state index contributed by atoms with van der Waals surface area (Å²) in [5, 5.41) is 0.0991. The molecule has 1 rings (SSSR count). The third-order valence-electron chi connectivity index (χ3n) is 1.62. The molecule has 1 N–H and O–H groups in total. The second kappa shape index (κ2) is 4.53. The summed E-state index contributed by atoms with van der Waals surface area (Å²) < 4.78 is 58.0. The predicted octanol–water partition coefficient (Wildman–Crippen LogP) is 1.92. The summed E-state index contributed by atoms with van der Waals surface area (Å²) in [6.45, 7) is 0. The lowest BCUT2D eigenvalue weighted by Crippen LogP contribution is -2.40. The minimum atomic E-state index is -5.70. The highest BCUT2D eigenvalue weighted by molar-refractivity contribution is 7.90. The molecule has 0 aromatic heterocycles. The molecule has 0 heterocycles. The van der Waals surface area contributed by atoms with Crippen molar-refractivity contribution in [3.05, 3.63) is 34.9 Å². The topological polar surface area (TPSA) is 63.2 Å². The van der Waals surface area contributed by atoms with Crippen LogP contribution in [0.15, 0.2) is 24.3 Å². The summed E-state index contributed by atoms with van der Waals surface area (Å²) in [5.41, 5.74) is -5.83. The lowest BCUT2D eigenvalue weighted by molar-refractivity contribution is -0.0446. The van der Waals surface area contributed by atoms with Crippen LogP contribution in [0.25, 0.3) is 0 Å². The van der Waals surface area contributed by atoms with Gasteiger partial charge in [0.1, 0.15) is 0 Å². The van der Waals surface area contributed by atoms with Crippen LogP contribution in [-0.2, 0) is 10.0 Å². The summed E-state index contributed by atoms with van der Waals surface area (Å²) in [7, 11) is -5.70. The SMILES string of the molecule is O=C(NS(=O)(=O)C(F)(F)F)c1cccc(Cl)c1. The van der Waals surface area contributed by atoms with Gasteiger partial charge in [0.15, 0.2) is 0 Å². The normalized spacial score (nSPS) is 12.2. The van der Waals surface area contributed by atoms with E-state index in [2.05, 4.69) is 0 Å². The summed E-state index contributed by atoms with van der Waals surface area (Å²) in [6.07, 6.45) is 0. The van der Waals surface area contributed by atoms with Crippen LogP contribution in [0.3, 0.4) is 0 Å². The molecule has 0 spiro atoms. The van der Waals surface area contributed by atoms with Crippen LogP contribution in [0.5, 0.6) is 0 Å². The van der Waals surface area contributed by atoms with Gasteiger partial charge in [0.2, 0.25) is 0 Å². The number of carbonyl (C=O) groups is 1. The number of rotatable bonds is 2. The van der Waals surface area contributed by atoms with Gasteiger partial charge in [-0.25, -0.2) is 4.72 Å². The number of amides is 1. The lowest BCUT2D eigenvalue weighted by Gasteiger charge is -2.09. The van der Waals surface area contributed by atoms with Crippen molar-refractivity contribution in [1.82, 2.24) is 4.72 Å². The van der Waals surface area contributed by atoms with Crippen LogP contribution in [-0.4, -0.2) is 19.8 Å². The molecule has 1 amide bonds. The molecule has 0 saturated carbocycles. The number of halogens is 4. The van der Waals surface area contributed by atoms with E-state index in [0.717, 1.165) is 16.9 Å². The maximum atomic E-state index is 12.0. The quantitative estimate of drug-likeness (QED) is 0.904. The molecule has 0 bridgehead atoms. The van der Waals surface area contributed by atoms with Gasteiger partial charge in [-0.05, 0) is 18.2 Å². The Labute approximate surface area is 99.4 Å². The van der Waals surface area contributed by atoms with E-state index >= 15 is 0 Å². The highest BCUT2D eigenvalue weighted by atomic mass is 35.5. The molecule has 0 atom stereocenters. The Morgan fingerprint density at radius 1 is 1.29 bits per heavy atom. The van der Waals surface area contributed by atoms with Crippen molar-refractivity contribution in [2.24, 2.45) is 0 Å². The number of hydrogen-bond acceptors (Lipinski definition) is 3. The molecule has 0 saturated heterocycles. The van der Waals surface area contributed by atoms with Gasteiger partial charge in [0, 0.05) is 10.6 Å². The largest absolute Gasteiger partial charge is 0.516 e. The average Bonchev–Trinajstić information content (AvgIpc) is 2.15. The fraction of sp³-hybridized carbons (Fsp3) is 0.125. The number of alkyl halides is 3. The first kappa shape index (κ1) is 13.8. The lowest BCUT2D eigenvalue weighted by atomic mass is 10.2. The van der Waals surface area contributed by atoms with E-state index in [0.29, 0.717) is 0 Å². The maximum Gasteiger partial charge on any atom is 0.516 e. The van der Waals surface area contributed by atoms with Gasteiger partial charge in [-0.3, -0.25) is 4.79 Å². The Hall–Kier alpha value is -1.28. The molecule has 17 heavy (non-hydrogen) atoms. The van der Waals surface area contributed by atoms with Crippen molar-refractivity contribution < 1.29 is 26.4 Å². The van der Waals surface area contributed by atoms with E-state index < -0.39 is 21.4 Å². The first-order valence-corrected chi connectivity index (χ1v) is 5.88. The zero-order chi connectivity index (χ0) is 13.3. The molecule has 9 heteroatoms. The van der Waals surface area contributed by atoms with Crippen molar-refractivity contribution in [2.45, 2.75) is 5.51 Å². The van der Waals surface area contributed by atoms with E-state index in [1.54, 1.807) is 0 Å². The van der Waals surface area contributed by atoms with Gasteiger partial charge in [-0.1, -0.05) is 17.7 Å². The summed E-state index contributed by atoms with van der Waals surface area (Å²) in [4.78, 5) is 11.2. The first-order chi connectivity index (χ1) is 7.63. The first-order valence-electron chi connectivity index (χ1n) is 4.02. The molecule has 1 aromatic rings. The minimum absolute atomic E-state index is 0.0991. The second-order valence-corrected chi connectivity index (χ2v) is 5.00. The Balaban J connectivity index is 2.96. The summed E-state index contributed by atoms with van der Waals surface area (Å²) >= 11 is 5.50. The van der Waals surface area contributed by atoms with E-state index in [4.69, 9.17) is 11.6 Å². The fourth-order valence-corrected chi connectivity index (χ4v) is 1.54. The number of nitrogens with one attached hydrogen (secondary N) is 1. The molecule has 0 unspecified atom stereocenters. The van der Waals surface area contributed by atoms with Crippen LogP contribution in [0, 0.1) is 0 Å². The van der Waals surface area contributed by atoms with Gasteiger partial charge in [0.25, 0.3) is 5.91 Å². The number of sulfonamides is 1. The van der Waals surface area contributed by atoms with E-state index in [9.17, 15) is 26.4 Å². The molecule has 0 radical (unpaired) electrons. The molecular weight excluding hydrogens is 283 g/mol. The van der Waals surface area contributed by atoms with Crippen molar-refractivity contribution in [3.8, 4) is 0 Å². The number of hydrogen-bond donors (Lipinski definition) is 1. The van der Waals surface area contributed by atoms with Gasteiger partial charge >= 0.3 is 15.5 Å². The maximum absolute atomic E-state index is 12.0. The predicted molar refractivity (Wildman–Crippen MR) is 53.9 cm³/mol. The van der Waals surface area contributed by atoms with Crippen LogP contribution in [0.2, 0.25) is 5.02 Å². The van der Waals surface area contributed by atoms with Crippen molar-refractivity contribution in [1.29, 1.82) is 0 Å². The van der Waals surface area contributed by atoms with Crippen LogP contribution in [0.1, 0.15) is 10.4 Å². The van der Waals surface area contributed by atoms with E-state index in [1.165, 1.54) is 12.1 Å². The third-order valence-corrected chi connectivity index (χ3v) is 2.92. The van der Waals surface area contributed by atoms with Crippen LogP contribution < -0.4 is 4.72 Å². The Kier molecular flexibility index (Phi) is 3.68. The van der Waals surface area contributed by atoms with Gasteiger partial charge in [0.05, 0.1) is 0 Å². The van der Waals surface area contributed by atoms with Gasteiger partial charge in [-0.15, -0.1) is 0 Å². The molecular formula is C8H5ClF3NO3S. The van der Waals surface area contributed by atoms with Crippen molar-refractivity contribution in [2.75, 3.05) is 0 Å². The molecule has 1 aromatic carbocycles. The summed E-state index contributed by atoms with van der Waals surface area (Å²) in [5.74, 6) is -1.40. The second-order valence-electron chi connectivity index (χ2n) is 2.89. The average molecular weight is 288 g/mol. The van der Waals surface area contributed by atoms with Gasteiger partial charge < -0.3 is 0 Å². The van der Waals surface area contributed by atoms with E-state index in [1.807, 2.05) is 0 Å². The highest BCUT2D eigenvalue weighted by Gasteiger charge is 2.47. The Bertz CT molecular complexity index is 541. The molecule has 0 aliphatic rings. The molecule has 0 fully saturated rings. The van der Waals surface area contributed by atoms with Gasteiger partial charge in [-0.2, -0.15) is 21.6 Å². The molecule has 0 aliphatic heterocycles. The Morgan fingerprint density at radius 3 is 2.35 bits per heavy atom. The van der Waals surface area contributed by atoms with Crippen LogP contribution >= 0.6 is 11.6 Å². The number of benzene rings is 1. The molecule has 94 valence electrons. The summed E-state index contributed by atoms with van der Waals surface area (Å²) in [6, 6.07) is 4.87. The zero-order valence-corrected chi connectivity index (χ0v) is 9.53. The van der Waals surface area contributed by atoms with Crippen LogP contribution in [0.4, 0.5) is 13.2 Å². The smallest absolute Gasteiger partial charge is 0.268 e. The molecule has 0 aliphatic carbocycles. The standard InChI is InChI=1S/C8H5ClF3NO3S/c9-6-3-1-2-5(4-6)7(14)13-17(15,16)8(10,11)12/h1-4H,(H,13,14). The van der Waals surface area contributed by atoms with E-state index in [-0.39, 0.29) is 10.6 Å². The van der Waals surface area contributed by atoms with Crippen molar-refractivity contribution >= 4 is 27.5 Å². The Morgan fingerprint density at radius 2 is 1.88 bits per heavy atom.